The molecule has 0 aliphatic carbocycles. The van der Waals surface area contributed by atoms with E-state index < -0.39 is 38.9 Å². The number of halogens is 3. The number of thiocarbonyl (C=S) groups is 1. The number of nitrogens with zero attached hydrogens (tertiary/aromatic N) is 3. The van der Waals surface area contributed by atoms with Gasteiger partial charge in [-0.2, -0.15) is 26.9 Å². The van der Waals surface area contributed by atoms with Crippen LogP contribution in [0.3, 0.4) is 0 Å². The first kappa shape index (κ1) is 42.3. The van der Waals surface area contributed by atoms with Crippen molar-refractivity contribution in [3.63, 3.8) is 0 Å². The zero-order valence-electron chi connectivity index (χ0n) is 30.9. The van der Waals surface area contributed by atoms with Gasteiger partial charge in [0, 0.05) is 5.69 Å². The Labute approximate surface area is 329 Å². The summed E-state index contributed by atoms with van der Waals surface area (Å²) in [7, 11) is -3.82. The lowest BCUT2D eigenvalue weighted by atomic mass is 10.0. The molecule has 1 aliphatic rings. The van der Waals surface area contributed by atoms with Gasteiger partial charge in [-0.25, -0.2) is 0 Å². The Kier molecular flexibility index (Phi) is 13.9. The number of anilines is 2. The topological polar surface area (TPSA) is 128 Å². The molecule has 11 nitrogen and oxygen atoms in total. The molecule has 4 aromatic carbocycles. The van der Waals surface area contributed by atoms with Gasteiger partial charge >= 0.3 is 6.18 Å². The molecule has 0 bridgehead atoms. The molecule has 0 N–H and O–H groups in total. The highest BCUT2D eigenvalue weighted by Crippen LogP contribution is 2.40. The monoisotopic (exact) mass is 811 g/mol. The Morgan fingerprint density at radius 2 is 1.27 bits per heavy atom. The van der Waals surface area contributed by atoms with Crippen molar-refractivity contribution in [3.05, 3.63) is 108 Å². The van der Waals surface area contributed by atoms with Crippen LogP contribution < -0.4 is 14.5 Å². The van der Waals surface area contributed by atoms with Gasteiger partial charge in [0.15, 0.2) is 5.11 Å². The number of hydrogen-bond donors (Lipinski definition) is 0. The maximum absolute atomic E-state index is 13.7. The van der Waals surface area contributed by atoms with Gasteiger partial charge in [0.1, 0.15) is 17.9 Å². The molecule has 56 heavy (non-hydrogen) atoms. The smallest absolute Gasteiger partial charge is 0.417 e. The van der Waals surface area contributed by atoms with Crippen LogP contribution in [-0.2, 0) is 39.5 Å². The summed E-state index contributed by atoms with van der Waals surface area (Å²) in [6.07, 6.45) is -4.79. The van der Waals surface area contributed by atoms with Crippen molar-refractivity contribution in [2.75, 3.05) is 62.7 Å². The quantitative estimate of drug-likeness (QED) is 0.0571. The van der Waals surface area contributed by atoms with Crippen molar-refractivity contribution in [1.82, 2.24) is 0 Å². The van der Waals surface area contributed by atoms with Crippen LogP contribution in [-0.4, -0.2) is 77.8 Å². The SMILES string of the molecule is Cc1ccc(S(=O)(=O)OCCOCCOCCOCCOc2ccc(-c3ccc(N4C(=S)N(c5ccc(C#N)c(C(F)(F)F)c5)C(=O)C4(C)C)cc3)cc2)cc1. The Morgan fingerprint density at radius 3 is 1.82 bits per heavy atom. The van der Waals surface area contributed by atoms with E-state index in [2.05, 4.69) is 0 Å². The van der Waals surface area contributed by atoms with Gasteiger partial charge in [-0.1, -0.05) is 42.0 Å². The van der Waals surface area contributed by atoms with Crippen molar-refractivity contribution in [2.45, 2.75) is 37.4 Å². The lowest BCUT2D eigenvalue weighted by Gasteiger charge is -2.29. The van der Waals surface area contributed by atoms with E-state index in [1.807, 2.05) is 43.3 Å². The van der Waals surface area contributed by atoms with Crippen molar-refractivity contribution in [1.29, 1.82) is 5.26 Å². The minimum absolute atomic E-state index is 0.0167. The minimum atomic E-state index is -4.79. The predicted molar refractivity (Wildman–Crippen MR) is 207 cm³/mol. The summed E-state index contributed by atoms with van der Waals surface area (Å²) in [4.78, 5) is 16.3. The van der Waals surface area contributed by atoms with Crippen LogP contribution in [0.25, 0.3) is 11.1 Å². The molecule has 0 radical (unpaired) electrons. The largest absolute Gasteiger partial charge is 0.491 e. The average Bonchev–Trinajstić information content (AvgIpc) is 3.35. The number of hydrogen-bond acceptors (Lipinski definition) is 10. The fourth-order valence-electron chi connectivity index (χ4n) is 5.74. The van der Waals surface area contributed by atoms with Crippen molar-refractivity contribution in [3.8, 4) is 22.9 Å². The van der Waals surface area contributed by atoms with Gasteiger partial charge in [-0.3, -0.25) is 13.9 Å². The molecule has 1 aliphatic heterocycles. The zero-order chi connectivity index (χ0) is 40.5. The Morgan fingerprint density at radius 1 is 0.750 bits per heavy atom. The Hall–Kier alpha value is -4.89. The van der Waals surface area contributed by atoms with Gasteiger partial charge < -0.3 is 23.8 Å². The van der Waals surface area contributed by atoms with Crippen molar-refractivity contribution >= 4 is 44.7 Å². The number of carbonyl (C=O) groups excluding carboxylic acids is 1. The van der Waals surface area contributed by atoms with E-state index in [4.69, 9.17) is 35.3 Å². The van der Waals surface area contributed by atoms with Crippen LogP contribution in [0.5, 0.6) is 5.75 Å². The molecule has 1 saturated heterocycles. The highest BCUT2D eigenvalue weighted by molar-refractivity contribution is 7.86. The van der Waals surface area contributed by atoms with Crippen LogP contribution in [0.1, 0.15) is 30.5 Å². The molecular formula is C40H40F3N3O8S2. The summed E-state index contributed by atoms with van der Waals surface area (Å²) in [6.45, 7) is 7.14. The predicted octanol–water partition coefficient (Wildman–Crippen LogP) is 7.30. The standard InChI is InChI=1S/C40H40F3N3O8S2/c1-28-4-16-35(17-5-28)56(48,49)54-25-23-52-21-19-50-18-20-51-22-24-53-34-14-9-30(10-15-34)29-6-11-32(12-7-29)46-38(55)45(37(47)39(46,2)3)33-13-8-31(27-44)36(26-33)40(41,42)43/h4-17,26H,18-25H2,1-3H3. The summed E-state index contributed by atoms with van der Waals surface area (Å²) < 4.78 is 92.5. The first-order chi connectivity index (χ1) is 26.6. The molecule has 16 heteroatoms. The summed E-state index contributed by atoms with van der Waals surface area (Å²) in [5, 5.41) is 9.19. The summed E-state index contributed by atoms with van der Waals surface area (Å²) >= 11 is 5.64. The van der Waals surface area contributed by atoms with Crippen LogP contribution >= 0.6 is 12.2 Å². The van der Waals surface area contributed by atoms with Gasteiger partial charge in [0.25, 0.3) is 16.0 Å². The molecule has 0 atom stereocenters. The lowest BCUT2D eigenvalue weighted by Crippen LogP contribution is -2.44. The highest BCUT2D eigenvalue weighted by atomic mass is 32.2. The third kappa shape index (κ3) is 10.3. The summed E-state index contributed by atoms with van der Waals surface area (Å²) in [5.74, 6) is 0.146. The van der Waals surface area contributed by atoms with Gasteiger partial charge in [-0.15, -0.1) is 0 Å². The van der Waals surface area contributed by atoms with Gasteiger partial charge in [-0.05, 0) is 98.7 Å². The second-order valence-corrected chi connectivity index (χ2v) is 15.0. The molecule has 0 saturated carbocycles. The molecule has 4 aromatic rings. The van der Waals surface area contributed by atoms with Crippen LogP contribution in [0, 0.1) is 18.3 Å². The van der Waals surface area contributed by atoms with E-state index in [1.54, 1.807) is 49.1 Å². The van der Waals surface area contributed by atoms with E-state index in [9.17, 15) is 31.6 Å². The van der Waals surface area contributed by atoms with E-state index in [0.717, 1.165) is 33.7 Å². The van der Waals surface area contributed by atoms with Gasteiger partial charge in [0.05, 0.1) is 74.0 Å². The van der Waals surface area contributed by atoms with Crippen LogP contribution in [0.4, 0.5) is 24.5 Å². The second kappa shape index (κ2) is 18.4. The Balaban J connectivity index is 1.01. The van der Waals surface area contributed by atoms with Crippen molar-refractivity contribution < 1.29 is 49.5 Å². The molecular weight excluding hydrogens is 772 g/mol. The summed E-state index contributed by atoms with van der Waals surface area (Å²) in [6, 6.07) is 25.8. The Bertz CT molecular complexity index is 2140. The first-order valence-corrected chi connectivity index (χ1v) is 19.3. The number of benzene rings is 4. The van der Waals surface area contributed by atoms with Crippen molar-refractivity contribution in [2.24, 2.45) is 0 Å². The third-order valence-electron chi connectivity index (χ3n) is 8.68. The molecule has 1 fully saturated rings. The average molecular weight is 812 g/mol. The maximum Gasteiger partial charge on any atom is 0.417 e. The normalized spacial score (nSPS) is 14.3. The van der Waals surface area contributed by atoms with E-state index in [-0.39, 0.29) is 35.5 Å². The molecule has 0 spiro atoms. The number of ether oxygens (including phenoxy) is 4. The summed E-state index contributed by atoms with van der Waals surface area (Å²) in [5.41, 5.74) is 0.346. The van der Waals surface area contributed by atoms with Crippen LogP contribution in [0.15, 0.2) is 95.9 Å². The number of nitriles is 1. The lowest BCUT2D eigenvalue weighted by molar-refractivity contribution is -0.137. The van der Waals surface area contributed by atoms with Crippen LogP contribution in [0.2, 0.25) is 0 Å². The molecule has 0 aromatic heterocycles. The fourth-order valence-corrected chi connectivity index (χ4v) is 7.16. The molecule has 0 unspecified atom stereocenters. The molecule has 5 rings (SSSR count). The molecule has 296 valence electrons. The zero-order valence-corrected chi connectivity index (χ0v) is 32.5. The number of aryl methyl sites for hydroxylation is 1. The number of carbonyl (C=O) groups is 1. The molecule has 1 amide bonds. The molecule has 1 heterocycles. The van der Waals surface area contributed by atoms with E-state index in [1.165, 1.54) is 18.2 Å². The number of alkyl halides is 3. The highest BCUT2D eigenvalue weighted by Gasteiger charge is 2.50. The van der Waals surface area contributed by atoms with E-state index in [0.29, 0.717) is 44.5 Å². The fraction of sp³-hybridized carbons (Fsp3) is 0.325. The maximum atomic E-state index is 13.7. The van der Waals surface area contributed by atoms with E-state index >= 15 is 0 Å². The first-order valence-electron chi connectivity index (χ1n) is 17.5. The second-order valence-electron chi connectivity index (χ2n) is 13.0. The number of amides is 1. The minimum Gasteiger partial charge on any atom is -0.491 e. The number of rotatable bonds is 18. The third-order valence-corrected chi connectivity index (χ3v) is 10.4. The van der Waals surface area contributed by atoms with Gasteiger partial charge in [0.2, 0.25) is 0 Å².